The first kappa shape index (κ1) is 20.9. The van der Waals surface area contributed by atoms with Crippen LogP contribution in [-0.2, 0) is 14.8 Å². The molecule has 0 spiro atoms. The standard InChI is InChI=1S/C19H22N8O3S/c20-31(29,30)17-8-4-5-15(13-17)21-18(28)14-25-9-11-26(12-10-25)19-22-23-24-27(19)16-6-2-1-3-7-16/h1-8,13H,9-12,14H2,(H,21,28)(H2,20,29,30). The van der Waals surface area contributed by atoms with Gasteiger partial charge in [-0.3, -0.25) is 9.69 Å². The summed E-state index contributed by atoms with van der Waals surface area (Å²) < 4.78 is 24.6. The van der Waals surface area contributed by atoms with Gasteiger partial charge in [0.15, 0.2) is 0 Å². The number of hydrogen-bond acceptors (Lipinski definition) is 8. The van der Waals surface area contributed by atoms with Crippen LogP contribution in [0.5, 0.6) is 0 Å². The van der Waals surface area contributed by atoms with Gasteiger partial charge in [0.2, 0.25) is 21.9 Å². The highest BCUT2D eigenvalue weighted by atomic mass is 32.2. The summed E-state index contributed by atoms with van der Waals surface area (Å²) in [6, 6.07) is 15.5. The SMILES string of the molecule is NS(=O)(=O)c1cccc(NC(=O)CN2CCN(c3nnnn3-c3ccccc3)CC2)c1. The average Bonchev–Trinajstić information content (AvgIpc) is 3.24. The predicted octanol–water partition coefficient (Wildman–Crippen LogP) is 0.0704. The van der Waals surface area contributed by atoms with Crippen LogP contribution in [0.2, 0.25) is 0 Å². The number of carbonyl (C=O) groups is 1. The molecule has 0 aliphatic carbocycles. The van der Waals surface area contributed by atoms with Gasteiger partial charge in [-0.1, -0.05) is 29.4 Å². The molecule has 0 saturated carbocycles. The Balaban J connectivity index is 1.33. The molecule has 1 amide bonds. The molecule has 3 N–H and O–H groups in total. The third-order valence-corrected chi connectivity index (χ3v) is 5.83. The van der Waals surface area contributed by atoms with Gasteiger partial charge in [0.25, 0.3) is 0 Å². The first-order chi connectivity index (χ1) is 14.9. The molecule has 4 rings (SSSR count). The van der Waals surface area contributed by atoms with Crippen molar-refractivity contribution in [1.29, 1.82) is 0 Å². The molecule has 31 heavy (non-hydrogen) atoms. The number of nitrogens with zero attached hydrogens (tertiary/aromatic N) is 6. The summed E-state index contributed by atoms with van der Waals surface area (Å²) in [5.74, 6) is 0.434. The molecule has 0 radical (unpaired) electrons. The molecule has 0 atom stereocenters. The van der Waals surface area contributed by atoms with E-state index in [-0.39, 0.29) is 17.3 Å². The fourth-order valence-electron chi connectivity index (χ4n) is 3.38. The predicted molar refractivity (Wildman–Crippen MR) is 114 cm³/mol. The third-order valence-electron chi connectivity index (χ3n) is 4.92. The second-order valence-electron chi connectivity index (χ2n) is 7.11. The van der Waals surface area contributed by atoms with Gasteiger partial charge < -0.3 is 10.2 Å². The lowest BCUT2D eigenvalue weighted by Gasteiger charge is -2.34. The first-order valence-corrected chi connectivity index (χ1v) is 11.2. The van der Waals surface area contributed by atoms with Crippen molar-refractivity contribution in [2.45, 2.75) is 4.90 Å². The zero-order chi connectivity index (χ0) is 21.8. The van der Waals surface area contributed by atoms with Gasteiger partial charge in [0.05, 0.1) is 17.1 Å². The highest BCUT2D eigenvalue weighted by Gasteiger charge is 2.23. The van der Waals surface area contributed by atoms with Gasteiger partial charge >= 0.3 is 0 Å². The Morgan fingerprint density at radius 1 is 1.03 bits per heavy atom. The van der Waals surface area contributed by atoms with Gasteiger partial charge in [-0.2, -0.15) is 4.68 Å². The number of amides is 1. The van der Waals surface area contributed by atoms with E-state index in [1.165, 1.54) is 18.2 Å². The number of nitrogens with one attached hydrogen (secondary N) is 1. The summed E-state index contributed by atoms with van der Waals surface area (Å²) in [4.78, 5) is 16.5. The number of benzene rings is 2. The van der Waals surface area contributed by atoms with E-state index in [0.29, 0.717) is 37.8 Å². The van der Waals surface area contributed by atoms with Crippen LogP contribution >= 0.6 is 0 Å². The highest BCUT2D eigenvalue weighted by Crippen LogP contribution is 2.17. The average molecular weight is 443 g/mol. The molecular formula is C19H22N8O3S. The Hall–Kier alpha value is -3.35. The van der Waals surface area contributed by atoms with Crippen LogP contribution in [0.4, 0.5) is 11.6 Å². The number of sulfonamides is 1. The van der Waals surface area contributed by atoms with Gasteiger partial charge in [-0.15, -0.1) is 0 Å². The number of tetrazole rings is 1. The molecule has 0 unspecified atom stereocenters. The van der Waals surface area contributed by atoms with E-state index in [9.17, 15) is 13.2 Å². The maximum absolute atomic E-state index is 12.4. The van der Waals surface area contributed by atoms with Crippen molar-refractivity contribution in [3.8, 4) is 5.69 Å². The molecule has 3 aromatic rings. The number of rotatable bonds is 6. The van der Waals surface area contributed by atoms with E-state index in [4.69, 9.17) is 5.14 Å². The maximum atomic E-state index is 12.4. The Kier molecular flexibility index (Phi) is 5.93. The smallest absolute Gasteiger partial charge is 0.250 e. The topological polar surface area (TPSA) is 139 Å². The summed E-state index contributed by atoms with van der Waals surface area (Å²) in [7, 11) is -3.83. The molecule has 1 aliphatic rings. The molecule has 12 heteroatoms. The molecule has 2 heterocycles. The minimum absolute atomic E-state index is 0.0462. The van der Waals surface area contributed by atoms with Crippen LogP contribution in [0, 0.1) is 0 Å². The number of primary sulfonamides is 1. The van der Waals surface area contributed by atoms with Crippen LogP contribution in [-0.4, -0.2) is 72.2 Å². The Bertz CT molecular complexity index is 1160. The Labute approximate surface area is 179 Å². The van der Waals surface area contributed by atoms with Crippen molar-refractivity contribution in [3.05, 3.63) is 54.6 Å². The van der Waals surface area contributed by atoms with Crippen LogP contribution in [0.1, 0.15) is 0 Å². The van der Waals surface area contributed by atoms with Crippen molar-refractivity contribution < 1.29 is 13.2 Å². The molecule has 11 nitrogen and oxygen atoms in total. The fraction of sp³-hybridized carbons (Fsp3) is 0.263. The molecular weight excluding hydrogens is 420 g/mol. The van der Waals surface area contributed by atoms with Crippen LogP contribution in [0.25, 0.3) is 5.69 Å². The second kappa shape index (κ2) is 8.79. The summed E-state index contributed by atoms with van der Waals surface area (Å²) in [5.41, 5.74) is 1.27. The molecule has 1 aliphatic heterocycles. The molecule has 162 valence electrons. The minimum Gasteiger partial charge on any atom is -0.337 e. The molecule has 0 bridgehead atoms. The Morgan fingerprint density at radius 3 is 2.48 bits per heavy atom. The number of anilines is 2. The number of piperazine rings is 1. The zero-order valence-corrected chi connectivity index (χ0v) is 17.4. The number of para-hydroxylation sites is 1. The van der Waals surface area contributed by atoms with Crippen molar-refractivity contribution in [2.24, 2.45) is 5.14 Å². The number of carbonyl (C=O) groups excluding carboxylic acids is 1. The van der Waals surface area contributed by atoms with Crippen LogP contribution < -0.4 is 15.4 Å². The summed E-state index contributed by atoms with van der Waals surface area (Å²) >= 11 is 0. The molecule has 1 saturated heterocycles. The van der Waals surface area contributed by atoms with Gasteiger partial charge in [-0.05, 0) is 40.8 Å². The first-order valence-electron chi connectivity index (χ1n) is 9.64. The lowest BCUT2D eigenvalue weighted by Crippen LogP contribution is -2.49. The van der Waals surface area contributed by atoms with E-state index >= 15 is 0 Å². The van der Waals surface area contributed by atoms with Gasteiger partial charge in [0.1, 0.15) is 0 Å². The van der Waals surface area contributed by atoms with Crippen molar-refractivity contribution in [2.75, 3.05) is 42.9 Å². The van der Waals surface area contributed by atoms with Crippen molar-refractivity contribution >= 4 is 27.6 Å². The number of nitrogens with two attached hydrogens (primary N) is 1. The van der Waals surface area contributed by atoms with Gasteiger partial charge in [-0.25, -0.2) is 13.6 Å². The van der Waals surface area contributed by atoms with E-state index < -0.39 is 10.0 Å². The lowest BCUT2D eigenvalue weighted by atomic mass is 10.3. The van der Waals surface area contributed by atoms with Crippen LogP contribution in [0.15, 0.2) is 59.5 Å². The fourth-order valence-corrected chi connectivity index (χ4v) is 3.94. The zero-order valence-electron chi connectivity index (χ0n) is 16.6. The molecule has 1 aromatic heterocycles. The van der Waals surface area contributed by atoms with Gasteiger partial charge in [0, 0.05) is 31.9 Å². The van der Waals surface area contributed by atoms with Crippen molar-refractivity contribution in [1.82, 2.24) is 25.1 Å². The molecule has 2 aromatic carbocycles. The van der Waals surface area contributed by atoms with Crippen molar-refractivity contribution in [3.63, 3.8) is 0 Å². The van der Waals surface area contributed by atoms with E-state index in [1.54, 1.807) is 10.7 Å². The van der Waals surface area contributed by atoms with E-state index in [1.807, 2.05) is 35.2 Å². The summed E-state index contributed by atoms with van der Waals surface area (Å²) in [6.07, 6.45) is 0. The number of aromatic nitrogens is 4. The monoisotopic (exact) mass is 442 g/mol. The van der Waals surface area contributed by atoms with E-state index in [2.05, 4.69) is 25.7 Å². The van der Waals surface area contributed by atoms with E-state index in [0.717, 1.165) is 5.69 Å². The summed E-state index contributed by atoms with van der Waals surface area (Å²) in [6.45, 7) is 2.85. The third kappa shape index (κ3) is 5.05. The maximum Gasteiger partial charge on any atom is 0.250 e. The normalized spacial score (nSPS) is 15.1. The summed E-state index contributed by atoms with van der Waals surface area (Å²) in [5, 5.41) is 19.9. The minimum atomic E-state index is -3.83. The molecule has 1 fully saturated rings. The Morgan fingerprint density at radius 2 is 1.77 bits per heavy atom. The highest BCUT2D eigenvalue weighted by molar-refractivity contribution is 7.89. The number of hydrogen-bond donors (Lipinski definition) is 2. The van der Waals surface area contributed by atoms with Crippen LogP contribution in [0.3, 0.4) is 0 Å². The largest absolute Gasteiger partial charge is 0.337 e. The second-order valence-corrected chi connectivity index (χ2v) is 8.67. The lowest BCUT2D eigenvalue weighted by molar-refractivity contribution is -0.117. The quantitative estimate of drug-likeness (QED) is 0.547.